The van der Waals surface area contributed by atoms with Gasteiger partial charge in [-0.15, -0.1) is 0 Å². The Morgan fingerprint density at radius 2 is 2.00 bits per heavy atom. The molecule has 5 heteroatoms. The molecule has 1 aliphatic rings. The maximum absolute atomic E-state index is 13.0. The zero-order valence-electron chi connectivity index (χ0n) is 15.8. The van der Waals surface area contributed by atoms with Crippen molar-refractivity contribution in [1.29, 1.82) is 0 Å². The summed E-state index contributed by atoms with van der Waals surface area (Å²) in [5, 5.41) is 2.90. The molecule has 1 aromatic carbocycles. The number of para-hydroxylation sites is 1. The van der Waals surface area contributed by atoms with Crippen LogP contribution in [0.3, 0.4) is 0 Å². The van der Waals surface area contributed by atoms with E-state index in [9.17, 15) is 9.59 Å². The van der Waals surface area contributed by atoms with Crippen LogP contribution in [0.2, 0.25) is 0 Å². The highest BCUT2D eigenvalue weighted by atomic mass is 16.5. The topological polar surface area (TPSA) is 58.6 Å². The third-order valence-electron chi connectivity index (χ3n) is 5.09. The minimum absolute atomic E-state index is 0.0726. The quantitative estimate of drug-likeness (QED) is 0.805. The Morgan fingerprint density at radius 3 is 2.68 bits per heavy atom. The van der Waals surface area contributed by atoms with Crippen LogP contribution in [0.4, 0.5) is 0 Å². The van der Waals surface area contributed by atoms with Crippen molar-refractivity contribution in [3.63, 3.8) is 0 Å². The van der Waals surface area contributed by atoms with Crippen molar-refractivity contribution in [3.05, 3.63) is 29.8 Å². The SMILES string of the molecule is CCC1CCCCN1C(=O)C(C)(C)C(=O)NCc1ccccc1OC. The maximum atomic E-state index is 13.0. The molecule has 1 saturated heterocycles. The lowest BCUT2D eigenvalue weighted by Crippen LogP contribution is -2.53. The van der Waals surface area contributed by atoms with Gasteiger partial charge >= 0.3 is 0 Å². The molecule has 25 heavy (non-hydrogen) atoms. The summed E-state index contributed by atoms with van der Waals surface area (Å²) in [6.07, 6.45) is 4.13. The average molecular weight is 346 g/mol. The number of nitrogens with one attached hydrogen (secondary N) is 1. The van der Waals surface area contributed by atoms with E-state index < -0.39 is 5.41 Å². The number of hydrogen-bond donors (Lipinski definition) is 1. The van der Waals surface area contributed by atoms with Gasteiger partial charge in [-0.3, -0.25) is 9.59 Å². The van der Waals surface area contributed by atoms with E-state index >= 15 is 0 Å². The number of nitrogens with zero attached hydrogens (tertiary/aromatic N) is 1. The minimum atomic E-state index is -1.08. The van der Waals surface area contributed by atoms with Gasteiger partial charge in [0.05, 0.1) is 7.11 Å². The van der Waals surface area contributed by atoms with Crippen molar-refractivity contribution in [2.75, 3.05) is 13.7 Å². The van der Waals surface area contributed by atoms with Crippen molar-refractivity contribution >= 4 is 11.8 Å². The van der Waals surface area contributed by atoms with Crippen LogP contribution < -0.4 is 10.1 Å². The highest BCUT2D eigenvalue weighted by molar-refractivity contribution is 6.04. The van der Waals surface area contributed by atoms with Gasteiger partial charge in [0.15, 0.2) is 0 Å². The van der Waals surface area contributed by atoms with Crippen LogP contribution in [0.5, 0.6) is 5.75 Å². The standard InChI is InChI=1S/C20H30N2O3/c1-5-16-11-8-9-13-22(16)19(24)20(2,3)18(23)21-14-15-10-6-7-12-17(15)25-4/h6-7,10,12,16H,5,8-9,11,13-14H2,1-4H3,(H,21,23). The number of amides is 2. The summed E-state index contributed by atoms with van der Waals surface area (Å²) in [6, 6.07) is 7.81. The van der Waals surface area contributed by atoms with Crippen LogP contribution in [0.15, 0.2) is 24.3 Å². The first kappa shape index (κ1) is 19.3. The zero-order chi connectivity index (χ0) is 18.4. The van der Waals surface area contributed by atoms with E-state index in [0.29, 0.717) is 6.54 Å². The van der Waals surface area contributed by atoms with E-state index in [1.165, 1.54) is 0 Å². The van der Waals surface area contributed by atoms with Gasteiger partial charge in [0.25, 0.3) is 0 Å². The molecule has 1 heterocycles. The Kier molecular flexibility index (Phi) is 6.45. The van der Waals surface area contributed by atoms with Gasteiger partial charge in [-0.25, -0.2) is 0 Å². The molecule has 5 nitrogen and oxygen atoms in total. The highest BCUT2D eigenvalue weighted by Gasteiger charge is 2.41. The Balaban J connectivity index is 2.04. The Morgan fingerprint density at radius 1 is 1.28 bits per heavy atom. The predicted molar refractivity (Wildman–Crippen MR) is 98.3 cm³/mol. The van der Waals surface area contributed by atoms with Crippen molar-refractivity contribution in [2.24, 2.45) is 5.41 Å². The van der Waals surface area contributed by atoms with Crippen LogP contribution in [0.25, 0.3) is 0 Å². The number of carbonyl (C=O) groups excluding carboxylic acids is 2. The molecule has 2 rings (SSSR count). The molecule has 0 radical (unpaired) electrons. The number of rotatable bonds is 6. The van der Waals surface area contributed by atoms with Gasteiger partial charge in [-0.05, 0) is 45.6 Å². The van der Waals surface area contributed by atoms with Gasteiger partial charge in [0, 0.05) is 24.7 Å². The van der Waals surface area contributed by atoms with Crippen LogP contribution in [0.1, 0.15) is 52.0 Å². The van der Waals surface area contributed by atoms with E-state index in [1.54, 1.807) is 21.0 Å². The van der Waals surface area contributed by atoms with E-state index in [4.69, 9.17) is 4.74 Å². The molecule has 2 amide bonds. The molecule has 0 bridgehead atoms. The molecule has 1 aromatic rings. The lowest BCUT2D eigenvalue weighted by atomic mass is 9.87. The first-order chi connectivity index (χ1) is 11.9. The number of carbonyl (C=O) groups is 2. The summed E-state index contributed by atoms with van der Waals surface area (Å²) in [7, 11) is 1.61. The summed E-state index contributed by atoms with van der Waals surface area (Å²) >= 11 is 0. The molecule has 0 saturated carbocycles. The third-order valence-corrected chi connectivity index (χ3v) is 5.09. The molecule has 1 N–H and O–H groups in total. The smallest absolute Gasteiger partial charge is 0.237 e. The number of benzene rings is 1. The number of likely N-dealkylation sites (tertiary alicyclic amines) is 1. The summed E-state index contributed by atoms with van der Waals surface area (Å²) in [5.41, 5.74) is -0.182. The lowest BCUT2D eigenvalue weighted by Gasteiger charge is -2.39. The second-order valence-corrected chi connectivity index (χ2v) is 7.18. The first-order valence-electron chi connectivity index (χ1n) is 9.13. The summed E-state index contributed by atoms with van der Waals surface area (Å²) in [4.78, 5) is 27.6. The van der Waals surface area contributed by atoms with Gasteiger partial charge in [-0.2, -0.15) is 0 Å². The largest absolute Gasteiger partial charge is 0.496 e. The van der Waals surface area contributed by atoms with Crippen LogP contribution in [0, 0.1) is 5.41 Å². The number of hydrogen-bond acceptors (Lipinski definition) is 3. The van der Waals surface area contributed by atoms with Crippen LogP contribution in [-0.2, 0) is 16.1 Å². The van der Waals surface area contributed by atoms with E-state index in [2.05, 4.69) is 12.2 Å². The number of piperidine rings is 1. The van der Waals surface area contributed by atoms with Crippen LogP contribution in [-0.4, -0.2) is 36.4 Å². The van der Waals surface area contributed by atoms with Crippen molar-refractivity contribution < 1.29 is 14.3 Å². The van der Waals surface area contributed by atoms with Gasteiger partial charge in [0.1, 0.15) is 11.2 Å². The molecule has 0 spiro atoms. The second-order valence-electron chi connectivity index (χ2n) is 7.18. The van der Waals surface area contributed by atoms with E-state index in [1.807, 2.05) is 29.2 Å². The Bertz CT molecular complexity index is 613. The number of methoxy groups -OCH3 is 1. The first-order valence-corrected chi connectivity index (χ1v) is 9.13. The Labute approximate surface area is 150 Å². The van der Waals surface area contributed by atoms with Gasteiger partial charge in [0.2, 0.25) is 11.8 Å². The minimum Gasteiger partial charge on any atom is -0.496 e. The van der Waals surface area contributed by atoms with Crippen LogP contribution >= 0.6 is 0 Å². The van der Waals surface area contributed by atoms with Gasteiger partial charge < -0.3 is 15.0 Å². The predicted octanol–water partition coefficient (Wildman–Crippen LogP) is 3.13. The molecule has 1 atom stereocenters. The fourth-order valence-corrected chi connectivity index (χ4v) is 3.39. The third kappa shape index (κ3) is 4.33. The average Bonchev–Trinajstić information content (AvgIpc) is 2.65. The van der Waals surface area contributed by atoms with Crippen molar-refractivity contribution in [1.82, 2.24) is 10.2 Å². The zero-order valence-corrected chi connectivity index (χ0v) is 15.8. The summed E-state index contributed by atoms with van der Waals surface area (Å²) in [5.74, 6) is 0.411. The molecule has 0 aliphatic carbocycles. The normalized spacial score (nSPS) is 17.9. The molecule has 1 unspecified atom stereocenters. The highest BCUT2D eigenvalue weighted by Crippen LogP contribution is 2.27. The van der Waals surface area contributed by atoms with E-state index in [0.717, 1.165) is 43.5 Å². The summed E-state index contributed by atoms with van der Waals surface area (Å²) < 4.78 is 5.31. The molecule has 138 valence electrons. The molecule has 1 aliphatic heterocycles. The molecular weight excluding hydrogens is 316 g/mol. The van der Waals surface area contributed by atoms with Gasteiger partial charge in [-0.1, -0.05) is 25.1 Å². The Hall–Kier alpha value is -2.04. The second kappa shape index (κ2) is 8.37. The van der Waals surface area contributed by atoms with Crippen molar-refractivity contribution in [3.8, 4) is 5.75 Å². The van der Waals surface area contributed by atoms with E-state index in [-0.39, 0.29) is 17.9 Å². The maximum Gasteiger partial charge on any atom is 0.237 e. The number of ether oxygens (including phenoxy) is 1. The monoisotopic (exact) mass is 346 g/mol. The molecule has 0 aromatic heterocycles. The fourth-order valence-electron chi connectivity index (χ4n) is 3.39. The fraction of sp³-hybridized carbons (Fsp3) is 0.600. The molecule has 1 fully saturated rings. The summed E-state index contributed by atoms with van der Waals surface area (Å²) in [6.45, 7) is 6.63. The molecular formula is C20H30N2O3. The van der Waals surface area contributed by atoms with Crippen molar-refractivity contribution in [2.45, 2.75) is 59.0 Å². The lowest BCUT2D eigenvalue weighted by molar-refractivity contribution is -0.151.